The lowest BCUT2D eigenvalue weighted by Gasteiger charge is -2.27. The molecular formula is C20H26N4O. The summed E-state index contributed by atoms with van der Waals surface area (Å²) in [6.07, 6.45) is 7.01. The van der Waals surface area contributed by atoms with E-state index in [0.29, 0.717) is 18.3 Å². The second kappa shape index (κ2) is 6.64. The van der Waals surface area contributed by atoms with Gasteiger partial charge in [-0.05, 0) is 24.3 Å². The van der Waals surface area contributed by atoms with E-state index in [9.17, 15) is 4.79 Å². The van der Waals surface area contributed by atoms with Crippen LogP contribution in [0.1, 0.15) is 42.7 Å². The van der Waals surface area contributed by atoms with E-state index in [2.05, 4.69) is 46.2 Å². The van der Waals surface area contributed by atoms with Gasteiger partial charge in [-0.3, -0.25) is 4.79 Å². The van der Waals surface area contributed by atoms with Gasteiger partial charge < -0.3 is 14.8 Å². The fourth-order valence-electron chi connectivity index (χ4n) is 4.13. The minimum Gasteiger partial charge on any atom is -0.338 e. The van der Waals surface area contributed by atoms with Crippen LogP contribution in [0.25, 0.3) is 0 Å². The van der Waals surface area contributed by atoms with Crippen molar-refractivity contribution in [2.24, 2.45) is 18.9 Å². The Hall–Kier alpha value is -2.14. The molecule has 1 aromatic carbocycles. The quantitative estimate of drug-likeness (QED) is 0.881. The Balaban J connectivity index is 1.50. The number of likely N-dealkylation sites (tertiary alicyclic amines) is 1. The van der Waals surface area contributed by atoms with Crippen LogP contribution in [0, 0.1) is 11.8 Å². The Morgan fingerprint density at radius 3 is 2.64 bits per heavy atom. The molecule has 132 valence electrons. The molecule has 2 aromatic rings. The van der Waals surface area contributed by atoms with E-state index in [0.717, 1.165) is 12.4 Å². The maximum Gasteiger partial charge on any atom is 0.223 e. The first-order valence-corrected chi connectivity index (χ1v) is 9.16. The van der Waals surface area contributed by atoms with Gasteiger partial charge in [0.05, 0.1) is 12.1 Å². The van der Waals surface area contributed by atoms with Crippen molar-refractivity contribution >= 4 is 5.91 Å². The average molecular weight is 338 g/mol. The summed E-state index contributed by atoms with van der Waals surface area (Å²) in [7, 11) is 3.98. The zero-order chi connectivity index (χ0) is 17.4. The Kier molecular flexibility index (Phi) is 4.34. The first-order valence-electron chi connectivity index (χ1n) is 9.16. The maximum atomic E-state index is 12.3. The van der Waals surface area contributed by atoms with Crippen molar-refractivity contribution in [1.82, 2.24) is 19.8 Å². The molecule has 25 heavy (non-hydrogen) atoms. The molecule has 1 saturated carbocycles. The Morgan fingerprint density at radius 1 is 1.24 bits per heavy atom. The first kappa shape index (κ1) is 16.3. The van der Waals surface area contributed by atoms with Crippen LogP contribution in [-0.2, 0) is 11.8 Å². The molecule has 1 unspecified atom stereocenters. The van der Waals surface area contributed by atoms with Gasteiger partial charge >= 0.3 is 0 Å². The predicted molar refractivity (Wildman–Crippen MR) is 96.7 cm³/mol. The molecule has 1 aliphatic carbocycles. The number of aromatic nitrogens is 2. The minimum absolute atomic E-state index is 0.155. The summed E-state index contributed by atoms with van der Waals surface area (Å²) < 4.78 is 2.11. The van der Waals surface area contributed by atoms with Gasteiger partial charge in [0.25, 0.3) is 0 Å². The van der Waals surface area contributed by atoms with Gasteiger partial charge in [-0.1, -0.05) is 30.3 Å². The molecule has 1 aromatic heterocycles. The van der Waals surface area contributed by atoms with Crippen LogP contribution in [0.4, 0.5) is 0 Å². The summed E-state index contributed by atoms with van der Waals surface area (Å²) in [4.78, 5) is 18.8. The molecule has 0 spiro atoms. The SMILES string of the molecule is CN1C(=O)C[C@@H](CNC(c2nccn2C)C2CC2)[C@@H]1c1ccccc1. The number of imidazole rings is 1. The van der Waals surface area contributed by atoms with Gasteiger partial charge in [0.1, 0.15) is 5.82 Å². The molecule has 2 heterocycles. The predicted octanol–water partition coefficient (Wildman–Crippen LogP) is 2.68. The second-order valence-electron chi connectivity index (χ2n) is 7.44. The smallest absolute Gasteiger partial charge is 0.223 e. The van der Waals surface area contributed by atoms with E-state index in [4.69, 9.17) is 0 Å². The van der Waals surface area contributed by atoms with E-state index >= 15 is 0 Å². The highest BCUT2D eigenvalue weighted by Gasteiger charge is 2.40. The largest absolute Gasteiger partial charge is 0.338 e. The summed E-state index contributed by atoms with van der Waals surface area (Å²) >= 11 is 0. The molecule has 1 amide bonds. The molecule has 1 N–H and O–H groups in total. The molecule has 3 atom stereocenters. The Morgan fingerprint density at radius 2 is 2.00 bits per heavy atom. The van der Waals surface area contributed by atoms with Crippen molar-refractivity contribution in [3.8, 4) is 0 Å². The third-order valence-electron chi connectivity index (χ3n) is 5.67. The average Bonchev–Trinajstić information content (AvgIpc) is 3.31. The Bertz CT molecular complexity index is 737. The summed E-state index contributed by atoms with van der Waals surface area (Å²) in [5.41, 5.74) is 1.22. The highest BCUT2D eigenvalue weighted by atomic mass is 16.2. The fraction of sp³-hybridized carbons (Fsp3) is 0.500. The van der Waals surface area contributed by atoms with Crippen LogP contribution in [0.3, 0.4) is 0 Å². The van der Waals surface area contributed by atoms with Gasteiger partial charge in [-0.25, -0.2) is 4.98 Å². The number of aryl methyl sites for hydroxylation is 1. The number of benzene rings is 1. The third-order valence-corrected chi connectivity index (χ3v) is 5.67. The molecule has 2 fully saturated rings. The molecule has 0 bridgehead atoms. The Labute approximate surface area is 149 Å². The molecule has 5 heteroatoms. The van der Waals surface area contributed by atoms with Gasteiger partial charge in [-0.2, -0.15) is 0 Å². The summed E-state index contributed by atoms with van der Waals surface area (Å²) in [5, 5.41) is 3.75. The van der Waals surface area contributed by atoms with Crippen molar-refractivity contribution in [3.63, 3.8) is 0 Å². The van der Waals surface area contributed by atoms with E-state index in [1.807, 2.05) is 30.4 Å². The van der Waals surface area contributed by atoms with Crippen LogP contribution in [0.2, 0.25) is 0 Å². The van der Waals surface area contributed by atoms with Crippen LogP contribution in [0.15, 0.2) is 42.7 Å². The standard InChI is InChI=1S/C20H26N4O/c1-23-11-10-21-20(23)18(14-8-9-14)22-13-16-12-17(25)24(2)19(16)15-6-4-3-5-7-15/h3-7,10-11,14,16,18-19,22H,8-9,12-13H2,1-2H3/t16-,18?,19-/m0/s1. The monoisotopic (exact) mass is 338 g/mol. The van der Waals surface area contributed by atoms with E-state index in [1.165, 1.54) is 18.4 Å². The number of carbonyl (C=O) groups excluding carboxylic acids is 1. The summed E-state index contributed by atoms with van der Waals surface area (Å²) in [5.74, 6) is 2.31. The number of carbonyl (C=O) groups is 1. The van der Waals surface area contributed by atoms with Crippen molar-refractivity contribution in [2.75, 3.05) is 13.6 Å². The van der Waals surface area contributed by atoms with E-state index < -0.39 is 0 Å². The molecular weight excluding hydrogens is 312 g/mol. The number of rotatable bonds is 6. The van der Waals surface area contributed by atoms with Crippen LogP contribution in [-0.4, -0.2) is 34.0 Å². The molecule has 2 aliphatic rings. The van der Waals surface area contributed by atoms with Gasteiger partial charge in [0, 0.05) is 45.4 Å². The van der Waals surface area contributed by atoms with Gasteiger partial charge in [-0.15, -0.1) is 0 Å². The van der Waals surface area contributed by atoms with Crippen LogP contribution in [0.5, 0.6) is 0 Å². The second-order valence-corrected chi connectivity index (χ2v) is 7.44. The maximum absolute atomic E-state index is 12.3. The molecule has 5 nitrogen and oxygen atoms in total. The summed E-state index contributed by atoms with van der Waals surface area (Å²) in [6, 6.07) is 10.8. The molecule has 4 rings (SSSR count). The summed E-state index contributed by atoms with van der Waals surface area (Å²) in [6.45, 7) is 0.837. The van der Waals surface area contributed by atoms with Crippen LogP contribution >= 0.6 is 0 Å². The lowest BCUT2D eigenvalue weighted by Crippen LogP contribution is -2.33. The molecule has 0 radical (unpaired) electrons. The lowest BCUT2D eigenvalue weighted by atomic mass is 9.93. The normalized spacial score (nSPS) is 24.7. The number of nitrogens with zero attached hydrogens (tertiary/aromatic N) is 3. The fourth-order valence-corrected chi connectivity index (χ4v) is 4.13. The third kappa shape index (κ3) is 3.21. The van der Waals surface area contributed by atoms with E-state index in [1.54, 1.807) is 0 Å². The lowest BCUT2D eigenvalue weighted by molar-refractivity contribution is -0.127. The topological polar surface area (TPSA) is 50.2 Å². The van der Waals surface area contributed by atoms with Gasteiger partial charge in [0.15, 0.2) is 0 Å². The molecule has 1 aliphatic heterocycles. The van der Waals surface area contributed by atoms with E-state index in [-0.39, 0.29) is 18.0 Å². The van der Waals surface area contributed by atoms with Crippen molar-refractivity contribution < 1.29 is 4.79 Å². The number of hydrogen-bond acceptors (Lipinski definition) is 3. The first-order chi connectivity index (χ1) is 12.1. The number of hydrogen-bond donors (Lipinski definition) is 1. The highest BCUT2D eigenvalue weighted by molar-refractivity contribution is 5.79. The van der Waals surface area contributed by atoms with Crippen molar-refractivity contribution in [3.05, 3.63) is 54.1 Å². The minimum atomic E-state index is 0.155. The number of nitrogens with one attached hydrogen (secondary N) is 1. The zero-order valence-corrected chi connectivity index (χ0v) is 14.9. The highest BCUT2D eigenvalue weighted by Crippen LogP contribution is 2.42. The van der Waals surface area contributed by atoms with Crippen molar-refractivity contribution in [1.29, 1.82) is 0 Å². The number of amides is 1. The van der Waals surface area contributed by atoms with Crippen molar-refractivity contribution in [2.45, 2.75) is 31.3 Å². The van der Waals surface area contributed by atoms with Crippen LogP contribution < -0.4 is 5.32 Å². The zero-order valence-electron chi connectivity index (χ0n) is 14.9. The van der Waals surface area contributed by atoms with Gasteiger partial charge in [0.2, 0.25) is 5.91 Å². The molecule has 1 saturated heterocycles.